The van der Waals surface area contributed by atoms with E-state index in [0.29, 0.717) is 22.5 Å². The zero-order valence-corrected chi connectivity index (χ0v) is 18.8. The summed E-state index contributed by atoms with van der Waals surface area (Å²) < 4.78 is 0. The standard InChI is InChI=1S/C24H24N6O2S/c31-22-21(33-24(32)29-22)13-18-6-10-27-23(28-18)30-11-7-16(8-12-30)14-25-15-17-5-9-26-20-4-2-1-3-19(17)20/h1-6,9-10,13,16,25H,7-8,11-12,14-15H2,(H,29,31,32). The summed E-state index contributed by atoms with van der Waals surface area (Å²) >= 11 is 0.894. The summed E-state index contributed by atoms with van der Waals surface area (Å²) in [6, 6.07) is 12.1. The summed E-state index contributed by atoms with van der Waals surface area (Å²) in [6.07, 6.45) is 7.32. The van der Waals surface area contributed by atoms with E-state index >= 15 is 0 Å². The minimum absolute atomic E-state index is 0.353. The number of rotatable bonds is 6. The van der Waals surface area contributed by atoms with Crippen molar-refractivity contribution in [1.29, 1.82) is 0 Å². The Morgan fingerprint density at radius 3 is 2.73 bits per heavy atom. The van der Waals surface area contributed by atoms with E-state index in [9.17, 15) is 9.59 Å². The molecule has 0 radical (unpaired) electrons. The summed E-state index contributed by atoms with van der Waals surface area (Å²) in [5.74, 6) is 0.885. The molecule has 0 spiro atoms. The molecule has 1 aromatic carbocycles. The van der Waals surface area contributed by atoms with E-state index in [1.165, 1.54) is 10.9 Å². The number of hydrogen-bond acceptors (Lipinski definition) is 8. The van der Waals surface area contributed by atoms with Gasteiger partial charge in [-0.2, -0.15) is 0 Å². The third-order valence-corrected chi connectivity index (χ3v) is 6.78. The van der Waals surface area contributed by atoms with Gasteiger partial charge in [0.1, 0.15) is 0 Å². The zero-order valence-electron chi connectivity index (χ0n) is 18.0. The topological polar surface area (TPSA) is 100 Å². The van der Waals surface area contributed by atoms with Crippen LogP contribution in [-0.4, -0.2) is 45.7 Å². The number of carbonyl (C=O) groups is 2. The average molecular weight is 461 g/mol. The third kappa shape index (κ3) is 5.04. The summed E-state index contributed by atoms with van der Waals surface area (Å²) in [7, 11) is 0. The van der Waals surface area contributed by atoms with Crippen molar-refractivity contribution in [3.05, 3.63) is 65.0 Å². The molecular weight excluding hydrogens is 436 g/mol. The van der Waals surface area contributed by atoms with Gasteiger partial charge >= 0.3 is 0 Å². The van der Waals surface area contributed by atoms with Gasteiger partial charge in [-0.15, -0.1) is 0 Å². The van der Waals surface area contributed by atoms with Gasteiger partial charge < -0.3 is 10.2 Å². The highest BCUT2D eigenvalue weighted by atomic mass is 32.2. The molecule has 0 unspecified atom stereocenters. The van der Waals surface area contributed by atoms with Crippen molar-refractivity contribution < 1.29 is 9.59 Å². The predicted octanol–water partition coefficient (Wildman–Crippen LogP) is 3.35. The SMILES string of the molecule is O=C1NC(=O)C(=Cc2ccnc(N3CCC(CNCc4ccnc5ccccc45)CC3)n2)S1. The fourth-order valence-corrected chi connectivity index (χ4v) is 4.87. The third-order valence-electron chi connectivity index (χ3n) is 5.97. The Hall–Kier alpha value is -3.30. The first-order valence-corrected chi connectivity index (χ1v) is 11.8. The van der Waals surface area contributed by atoms with Crippen molar-refractivity contribution in [2.75, 3.05) is 24.5 Å². The first-order chi connectivity index (χ1) is 16.2. The van der Waals surface area contributed by atoms with E-state index in [-0.39, 0.29) is 11.1 Å². The molecule has 2 saturated heterocycles. The normalized spacial score (nSPS) is 18.3. The number of nitrogens with zero attached hydrogens (tertiary/aromatic N) is 4. The molecule has 0 bridgehead atoms. The lowest BCUT2D eigenvalue weighted by Gasteiger charge is -2.32. The second kappa shape index (κ2) is 9.68. The summed E-state index contributed by atoms with van der Waals surface area (Å²) in [5, 5.41) is 6.73. The van der Waals surface area contributed by atoms with Crippen LogP contribution in [0.4, 0.5) is 10.7 Å². The molecule has 0 aliphatic carbocycles. The number of anilines is 1. The second-order valence-electron chi connectivity index (χ2n) is 8.18. The maximum absolute atomic E-state index is 11.8. The molecule has 33 heavy (non-hydrogen) atoms. The number of thioether (sulfide) groups is 1. The summed E-state index contributed by atoms with van der Waals surface area (Å²) in [4.78, 5) is 39.1. The maximum atomic E-state index is 11.8. The number of fused-ring (bicyclic) bond motifs is 1. The quantitative estimate of drug-likeness (QED) is 0.540. The Labute approximate surface area is 195 Å². The molecule has 2 aromatic heterocycles. The average Bonchev–Trinajstić information content (AvgIpc) is 3.16. The molecular formula is C24H24N6O2S. The van der Waals surface area contributed by atoms with Crippen LogP contribution in [0, 0.1) is 5.92 Å². The van der Waals surface area contributed by atoms with Gasteiger partial charge in [-0.25, -0.2) is 9.97 Å². The number of pyridine rings is 1. The number of hydrogen-bond donors (Lipinski definition) is 2. The fourth-order valence-electron chi connectivity index (χ4n) is 4.21. The Bertz CT molecular complexity index is 1220. The van der Waals surface area contributed by atoms with Crippen molar-refractivity contribution >= 4 is 45.8 Å². The summed E-state index contributed by atoms with van der Waals surface area (Å²) in [6.45, 7) is 3.57. The first kappa shape index (κ1) is 21.5. The largest absolute Gasteiger partial charge is 0.341 e. The number of piperidine rings is 1. The molecule has 168 valence electrons. The first-order valence-electron chi connectivity index (χ1n) is 11.0. The maximum Gasteiger partial charge on any atom is 0.290 e. The second-order valence-corrected chi connectivity index (χ2v) is 9.20. The molecule has 2 aliphatic rings. The number of amides is 2. The molecule has 2 aliphatic heterocycles. The number of benzene rings is 1. The molecule has 4 heterocycles. The van der Waals surface area contributed by atoms with E-state index in [1.54, 1.807) is 18.3 Å². The lowest BCUT2D eigenvalue weighted by molar-refractivity contribution is -0.115. The number of carbonyl (C=O) groups excluding carboxylic acids is 2. The van der Waals surface area contributed by atoms with Gasteiger partial charge in [-0.1, -0.05) is 18.2 Å². The molecule has 0 atom stereocenters. The van der Waals surface area contributed by atoms with E-state index in [4.69, 9.17) is 0 Å². The van der Waals surface area contributed by atoms with Crippen LogP contribution in [0.5, 0.6) is 0 Å². The molecule has 0 saturated carbocycles. The van der Waals surface area contributed by atoms with E-state index in [0.717, 1.165) is 56.3 Å². The van der Waals surface area contributed by atoms with Crippen LogP contribution in [0.1, 0.15) is 24.1 Å². The Balaban J connectivity index is 1.14. The molecule has 2 N–H and O–H groups in total. The lowest BCUT2D eigenvalue weighted by Crippen LogP contribution is -2.38. The van der Waals surface area contributed by atoms with Crippen LogP contribution in [0.3, 0.4) is 0 Å². The van der Waals surface area contributed by atoms with Crippen LogP contribution < -0.4 is 15.5 Å². The van der Waals surface area contributed by atoms with Crippen molar-refractivity contribution in [2.45, 2.75) is 19.4 Å². The van der Waals surface area contributed by atoms with Crippen molar-refractivity contribution in [3.8, 4) is 0 Å². The monoisotopic (exact) mass is 460 g/mol. The van der Waals surface area contributed by atoms with Crippen LogP contribution in [0.2, 0.25) is 0 Å². The van der Waals surface area contributed by atoms with Gasteiger partial charge in [0.25, 0.3) is 11.1 Å². The van der Waals surface area contributed by atoms with Crippen LogP contribution >= 0.6 is 11.8 Å². The van der Waals surface area contributed by atoms with E-state index in [1.807, 2.05) is 18.3 Å². The highest BCUT2D eigenvalue weighted by Gasteiger charge is 2.25. The highest BCUT2D eigenvalue weighted by molar-refractivity contribution is 8.18. The lowest BCUT2D eigenvalue weighted by atomic mass is 9.97. The zero-order chi connectivity index (χ0) is 22.6. The minimum atomic E-state index is -0.377. The van der Waals surface area contributed by atoms with Gasteiger partial charge in [0.15, 0.2) is 0 Å². The molecule has 8 nitrogen and oxygen atoms in total. The fraction of sp³-hybridized carbons (Fsp3) is 0.292. The Kier molecular flexibility index (Phi) is 6.32. The molecule has 5 rings (SSSR count). The Morgan fingerprint density at radius 2 is 1.91 bits per heavy atom. The van der Waals surface area contributed by atoms with Crippen molar-refractivity contribution in [3.63, 3.8) is 0 Å². The van der Waals surface area contributed by atoms with Crippen LogP contribution in [0.15, 0.2) is 53.7 Å². The smallest absolute Gasteiger partial charge is 0.290 e. The van der Waals surface area contributed by atoms with Gasteiger partial charge in [-0.05, 0) is 66.9 Å². The number of para-hydroxylation sites is 1. The van der Waals surface area contributed by atoms with Gasteiger partial charge in [0.2, 0.25) is 5.95 Å². The number of imide groups is 1. The minimum Gasteiger partial charge on any atom is -0.341 e. The predicted molar refractivity (Wildman–Crippen MR) is 130 cm³/mol. The van der Waals surface area contributed by atoms with E-state index in [2.05, 4.69) is 48.7 Å². The van der Waals surface area contributed by atoms with Crippen LogP contribution in [-0.2, 0) is 11.3 Å². The Morgan fingerprint density at radius 1 is 1.09 bits per heavy atom. The van der Waals surface area contributed by atoms with E-state index < -0.39 is 0 Å². The van der Waals surface area contributed by atoms with Crippen LogP contribution in [0.25, 0.3) is 17.0 Å². The molecule has 2 fully saturated rings. The van der Waals surface area contributed by atoms with Gasteiger partial charge in [0.05, 0.1) is 16.1 Å². The molecule has 3 aromatic rings. The number of aromatic nitrogens is 3. The van der Waals surface area contributed by atoms with Crippen molar-refractivity contribution in [1.82, 2.24) is 25.6 Å². The molecule has 9 heteroatoms. The highest BCUT2D eigenvalue weighted by Crippen LogP contribution is 2.26. The van der Waals surface area contributed by atoms with Gasteiger partial charge in [0, 0.05) is 37.4 Å². The molecule has 2 amide bonds. The van der Waals surface area contributed by atoms with Gasteiger partial charge in [-0.3, -0.25) is 19.9 Å². The summed E-state index contributed by atoms with van der Waals surface area (Å²) in [5.41, 5.74) is 2.93. The number of nitrogens with one attached hydrogen (secondary N) is 2. The van der Waals surface area contributed by atoms with Crippen molar-refractivity contribution in [2.24, 2.45) is 5.92 Å².